The molecule has 5 rings (SSSR count). The van der Waals surface area contributed by atoms with Crippen LogP contribution >= 0.6 is 0 Å². The van der Waals surface area contributed by atoms with Crippen LogP contribution in [-0.2, 0) is 20.5 Å². The fourth-order valence-corrected chi connectivity index (χ4v) is 4.19. The number of nitrogen functional groups attached to an aromatic ring is 1. The maximum absolute atomic E-state index is 13.1. The van der Waals surface area contributed by atoms with Gasteiger partial charge in [0.25, 0.3) is 11.5 Å². The number of benzene rings is 1. The molecule has 3 aromatic heterocycles. The van der Waals surface area contributed by atoms with E-state index in [1.54, 1.807) is 19.6 Å². The molecule has 10 heteroatoms. The Morgan fingerprint density at radius 1 is 1.29 bits per heavy atom. The van der Waals surface area contributed by atoms with E-state index in [9.17, 15) is 9.59 Å². The highest BCUT2D eigenvalue weighted by molar-refractivity contribution is 6.02. The van der Waals surface area contributed by atoms with Crippen LogP contribution in [0.2, 0.25) is 0 Å². The minimum atomic E-state index is -0.646. The quantitative estimate of drug-likeness (QED) is 0.314. The normalized spacial score (nSPS) is 12.6. The highest BCUT2D eigenvalue weighted by Gasteiger charge is 2.27. The Hall–Kier alpha value is -4.91. The maximum Gasteiger partial charge on any atom is 0.260 e. The number of aromatic nitrogens is 5. The van der Waals surface area contributed by atoms with Crippen molar-refractivity contribution in [1.29, 1.82) is 0 Å². The average molecular weight is 511 g/mol. The molecule has 0 spiro atoms. The number of primary amides is 1. The lowest BCUT2D eigenvalue weighted by atomic mass is 10.0. The molecular formula is C28H30N8O2. The summed E-state index contributed by atoms with van der Waals surface area (Å²) in [6, 6.07) is 8.41. The van der Waals surface area contributed by atoms with Gasteiger partial charge in [0.05, 0.1) is 17.9 Å². The molecule has 194 valence electrons. The van der Waals surface area contributed by atoms with Crippen LogP contribution < -0.4 is 17.0 Å². The molecule has 1 amide bonds. The largest absolute Gasteiger partial charge is 0.381 e. The smallest absolute Gasteiger partial charge is 0.260 e. The number of aliphatic imine (C=N–C) groups is 1. The SMILES string of the molecule is C=C/C=N\c1c(C(N)=O)c(N)nn1C.CCc1cc2cccc(C#Cc3cncn3C)c2c(=O)n1C1CC1. The topological polar surface area (TPSA) is 139 Å². The molecule has 0 atom stereocenters. The summed E-state index contributed by atoms with van der Waals surface area (Å²) in [6.07, 6.45) is 9.43. The van der Waals surface area contributed by atoms with Gasteiger partial charge < -0.3 is 20.6 Å². The molecule has 1 aliphatic rings. The number of nitrogens with two attached hydrogens (primary N) is 2. The minimum Gasteiger partial charge on any atom is -0.381 e. The van der Waals surface area contributed by atoms with Gasteiger partial charge in [-0.05, 0) is 42.7 Å². The lowest BCUT2D eigenvalue weighted by molar-refractivity contribution is 0.100. The summed E-state index contributed by atoms with van der Waals surface area (Å²) in [5.41, 5.74) is 13.6. The fraction of sp³-hybridized carbons (Fsp3) is 0.250. The number of carbonyl (C=O) groups excluding carboxylic acids is 1. The number of hydrogen-bond acceptors (Lipinski definition) is 6. The molecule has 0 unspecified atom stereocenters. The number of imidazole rings is 1. The van der Waals surface area contributed by atoms with Crippen molar-refractivity contribution in [3.8, 4) is 11.8 Å². The summed E-state index contributed by atoms with van der Waals surface area (Å²) < 4.78 is 5.24. The van der Waals surface area contributed by atoms with Gasteiger partial charge in [-0.2, -0.15) is 5.10 Å². The number of nitrogens with zero attached hydrogens (tertiary/aromatic N) is 6. The van der Waals surface area contributed by atoms with E-state index in [4.69, 9.17) is 11.5 Å². The van der Waals surface area contributed by atoms with Crippen molar-refractivity contribution in [2.45, 2.75) is 32.2 Å². The van der Waals surface area contributed by atoms with Crippen molar-refractivity contribution in [3.63, 3.8) is 0 Å². The molecule has 38 heavy (non-hydrogen) atoms. The highest BCUT2D eigenvalue weighted by atomic mass is 16.1. The highest BCUT2D eigenvalue weighted by Crippen LogP contribution is 2.35. The van der Waals surface area contributed by atoms with Gasteiger partial charge >= 0.3 is 0 Å². The average Bonchev–Trinajstić information content (AvgIpc) is 3.57. The van der Waals surface area contributed by atoms with Gasteiger partial charge in [-0.1, -0.05) is 37.6 Å². The second-order valence-corrected chi connectivity index (χ2v) is 8.89. The molecule has 0 aliphatic heterocycles. The fourth-order valence-electron chi connectivity index (χ4n) is 4.19. The number of carbonyl (C=O) groups is 1. The molecule has 4 N–H and O–H groups in total. The van der Waals surface area contributed by atoms with Crippen molar-refractivity contribution in [3.05, 3.63) is 82.3 Å². The molecule has 4 aromatic rings. The summed E-state index contributed by atoms with van der Waals surface area (Å²) in [5.74, 6) is 6.06. The summed E-state index contributed by atoms with van der Waals surface area (Å²) in [4.78, 5) is 32.1. The first-order valence-electron chi connectivity index (χ1n) is 12.2. The molecule has 1 saturated carbocycles. The Bertz CT molecular complexity index is 1670. The van der Waals surface area contributed by atoms with E-state index in [0.29, 0.717) is 11.9 Å². The van der Waals surface area contributed by atoms with Crippen molar-refractivity contribution < 1.29 is 4.79 Å². The second-order valence-electron chi connectivity index (χ2n) is 8.89. The van der Waals surface area contributed by atoms with Crippen LogP contribution in [0.15, 0.2) is 59.2 Å². The third-order valence-electron chi connectivity index (χ3n) is 6.17. The number of allylic oxidation sites excluding steroid dienone is 1. The monoisotopic (exact) mass is 510 g/mol. The van der Waals surface area contributed by atoms with E-state index >= 15 is 0 Å². The van der Waals surface area contributed by atoms with Gasteiger partial charge in [0.2, 0.25) is 0 Å². The minimum absolute atomic E-state index is 0.0798. The Balaban J connectivity index is 0.000000206. The van der Waals surface area contributed by atoms with E-state index in [-0.39, 0.29) is 16.9 Å². The van der Waals surface area contributed by atoms with Gasteiger partial charge in [-0.15, -0.1) is 0 Å². The Morgan fingerprint density at radius 2 is 2.05 bits per heavy atom. The zero-order valence-electron chi connectivity index (χ0n) is 21.7. The number of hydrogen-bond donors (Lipinski definition) is 2. The van der Waals surface area contributed by atoms with Crippen molar-refractivity contribution in [2.75, 3.05) is 5.73 Å². The lowest BCUT2D eigenvalue weighted by Gasteiger charge is -2.13. The van der Waals surface area contributed by atoms with Crippen LogP contribution in [0.5, 0.6) is 0 Å². The standard InChI is InChI=1S/C20H19N3O.C8H11N5O/c1-3-16-11-15-6-4-5-14(7-8-18-12-21-13-22(18)2)19(15)20(24)23(16)17-9-10-17;1-3-4-11-8-5(7(10)14)6(9)12-13(8)2/h4-6,11-13,17H,3,9-10H2,1-2H3;3-4H,1H2,2H3,(H2,9,12)(H2,10,14)/b;11-4-. The van der Waals surface area contributed by atoms with E-state index < -0.39 is 5.91 Å². The Morgan fingerprint density at radius 3 is 2.66 bits per heavy atom. The van der Waals surface area contributed by atoms with Crippen molar-refractivity contribution in [1.82, 2.24) is 23.9 Å². The first kappa shape index (κ1) is 26.2. The predicted octanol–water partition coefficient (Wildman–Crippen LogP) is 3.02. The number of fused-ring (bicyclic) bond motifs is 1. The molecule has 0 radical (unpaired) electrons. The number of anilines is 1. The molecule has 1 fully saturated rings. The summed E-state index contributed by atoms with van der Waals surface area (Å²) in [7, 11) is 3.53. The molecule has 1 aliphatic carbocycles. The number of rotatable bonds is 5. The van der Waals surface area contributed by atoms with Gasteiger partial charge in [0, 0.05) is 37.6 Å². The number of pyridine rings is 1. The first-order chi connectivity index (χ1) is 18.3. The first-order valence-corrected chi connectivity index (χ1v) is 12.2. The van der Waals surface area contributed by atoms with Crippen LogP contribution in [-0.4, -0.2) is 36.0 Å². The second kappa shape index (κ2) is 11.0. The van der Waals surface area contributed by atoms with Gasteiger partial charge in [-0.25, -0.2) is 14.7 Å². The van der Waals surface area contributed by atoms with E-state index in [2.05, 4.69) is 46.5 Å². The van der Waals surface area contributed by atoms with Crippen molar-refractivity contribution in [2.24, 2.45) is 24.8 Å². The van der Waals surface area contributed by atoms with Crippen molar-refractivity contribution >= 4 is 34.5 Å². The molecule has 1 aromatic carbocycles. The molecule has 3 heterocycles. The Labute approximate surface area is 220 Å². The molecule has 0 bridgehead atoms. The number of aryl methyl sites for hydroxylation is 3. The summed E-state index contributed by atoms with van der Waals surface area (Å²) in [5, 5.41) is 5.54. The van der Waals surface area contributed by atoms with Crippen LogP contribution in [0.4, 0.5) is 11.6 Å². The maximum atomic E-state index is 13.1. The van der Waals surface area contributed by atoms with E-state index in [0.717, 1.165) is 47.0 Å². The van der Waals surface area contributed by atoms with Crippen LogP contribution in [0, 0.1) is 11.8 Å². The van der Waals surface area contributed by atoms with E-state index in [1.807, 2.05) is 34.4 Å². The van der Waals surface area contributed by atoms with E-state index in [1.165, 1.54) is 17.0 Å². The zero-order chi connectivity index (χ0) is 27.4. The molecule has 10 nitrogen and oxygen atoms in total. The summed E-state index contributed by atoms with van der Waals surface area (Å²) in [6.45, 7) is 5.56. The molecular weight excluding hydrogens is 480 g/mol. The van der Waals surface area contributed by atoms with Crippen LogP contribution in [0.1, 0.15) is 53.1 Å². The third kappa shape index (κ3) is 5.27. The van der Waals surface area contributed by atoms with Gasteiger partial charge in [0.15, 0.2) is 11.6 Å². The predicted molar refractivity (Wildman–Crippen MR) is 150 cm³/mol. The van der Waals surface area contributed by atoms with Crippen LogP contribution in [0.3, 0.4) is 0 Å². The molecule has 0 saturated heterocycles. The van der Waals surface area contributed by atoms with Gasteiger partial charge in [-0.3, -0.25) is 9.59 Å². The zero-order valence-corrected chi connectivity index (χ0v) is 21.7. The summed E-state index contributed by atoms with van der Waals surface area (Å²) >= 11 is 0. The van der Waals surface area contributed by atoms with Crippen LogP contribution in [0.25, 0.3) is 10.8 Å². The lowest BCUT2D eigenvalue weighted by Crippen LogP contribution is -2.23. The Kier molecular flexibility index (Phi) is 7.58. The number of amides is 1. The van der Waals surface area contributed by atoms with Gasteiger partial charge in [0.1, 0.15) is 11.3 Å². The third-order valence-corrected chi connectivity index (χ3v) is 6.17.